The molecule has 0 bridgehead atoms. The molecule has 168 valence electrons. The van der Waals surface area contributed by atoms with Gasteiger partial charge in [-0.3, -0.25) is 14.0 Å². The van der Waals surface area contributed by atoms with Crippen molar-refractivity contribution in [1.29, 1.82) is 0 Å². The number of methoxy groups -OCH3 is 1. The van der Waals surface area contributed by atoms with Gasteiger partial charge in [-0.05, 0) is 35.9 Å². The highest BCUT2D eigenvalue weighted by atomic mass is 35.5. The molecule has 33 heavy (non-hydrogen) atoms. The highest BCUT2D eigenvalue weighted by Crippen LogP contribution is 2.25. The van der Waals surface area contributed by atoms with Gasteiger partial charge in [0.2, 0.25) is 0 Å². The Bertz CT molecular complexity index is 1340. The van der Waals surface area contributed by atoms with E-state index in [0.717, 1.165) is 17.1 Å². The Morgan fingerprint density at radius 1 is 1.06 bits per heavy atom. The Morgan fingerprint density at radius 3 is 2.52 bits per heavy atom. The van der Waals surface area contributed by atoms with Crippen LogP contribution in [0.3, 0.4) is 0 Å². The molecule has 0 atom stereocenters. The summed E-state index contributed by atoms with van der Waals surface area (Å²) >= 11 is 12.0. The quantitative estimate of drug-likeness (QED) is 0.374. The maximum Gasteiger partial charge on any atom is 0.310 e. The molecule has 2 heterocycles. The molecule has 2 aromatic carbocycles. The highest BCUT2D eigenvalue weighted by molar-refractivity contribution is 6.42. The average Bonchev–Trinajstić information content (AvgIpc) is 3.32. The van der Waals surface area contributed by atoms with Gasteiger partial charge in [-0.1, -0.05) is 35.3 Å². The number of esters is 1. The van der Waals surface area contributed by atoms with Crippen LogP contribution in [0, 0.1) is 0 Å². The second-order valence-corrected chi connectivity index (χ2v) is 8.22. The number of anilines is 1. The summed E-state index contributed by atoms with van der Waals surface area (Å²) in [6.07, 6.45) is 5.81. The average molecular weight is 483 g/mol. The number of hydrogen-bond acceptors (Lipinski definition) is 5. The summed E-state index contributed by atoms with van der Waals surface area (Å²) in [6.45, 7) is 0. The van der Waals surface area contributed by atoms with Crippen LogP contribution >= 0.6 is 23.2 Å². The summed E-state index contributed by atoms with van der Waals surface area (Å²) in [5.41, 5.74) is 3.58. The van der Waals surface area contributed by atoms with Gasteiger partial charge in [0.05, 0.1) is 23.6 Å². The maximum absolute atomic E-state index is 12.8. The minimum Gasteiger partial charge on any atom is -0.469 e. The van der Waals surface area contributed by atoms with E-state index >= 15 is 0 Å². The van der Waals surface area contributed by atoms with E-state index in [1.54, 1.807) is 42.5 Å². The van der Waals surface area contributed by atoms with Gasteiger partial charge in [0.15, 0.2) is 0 Å². The lowest BCUT2D eigenvalue weighted by molar-refractivity contribution is -0.139. The monoisotopic (exact) mass is 482 g/mol. The molecule has 7 nitrogen and oxygen atoms in total. The summed E-state index contributed by atoms with van der Waals surface area (Å²) in [5.74, 6) is 0.248. The van der Waals surface area contributed by atoms with E-state index in [-0.39, 0.29) is 18.3 Å². The highest BCUT2D eigenvalue weighted by Gasteiger charge is 2.16. The normalized spacial score (nSPS) is 10.9. The number of imidazole rings is 1. The van der Waals surface area contributed by atoms with Crippen molar-refractivity contribution in [2.45, 2.75) is 12.8 Å². The second-order valence-electron chi connectivity index (χ2n) is 7.41. The summed E-state index contributed by atoms with van der Waals surface area (Å²) in [7, 11) is 3.06. The van der Waals surface area contributed by atoms with E-state index in [9.17, 15) is 9.59 Å². The molecular formula is C24H20Cl2N4O3. The van der Waals surface area contributed by atoms with Crippen molar-refractivity contribution in [3.8, 4) is 0 Å². The molecule has 9 heteroatoms. The first-order valence-corrected chi connectivity index (χ1v) is 10.8. The smallest absolute Gasteiger partial charge is 0.310 e. The Kier molecular flexibility index (Phi) is 6.62. The van der Waals surface area contributed by atoms with Crippen LogP contribution in [0.1, 0.15) is 27.3 Å². The number of aromatic nitrogens is 3. The SMILES string of the molecule is COC(=O)Cc1cnc(Cc2ccc(N(C)C(=O)c3ccc(Cl)c(Cl)c3)cc2)n2ccnc12. The van der Waals surface area contributed by atoms with Crippen molar-refractivity contribution in [3.05, 3.63) is 93.6 Å². The zero-order valence-electron chi connectivity index (χ0n) is 18.0. The fraction of sp³-hybridized carbons (Fsp3) is 0.167. The van der Waals surface area contributed by atoms with Crippen LogP contribution < -0.4 is 4.90 Å². The molecule has 0 unspecified atom stereocenters. The Morgan fingerprint density at radius 2 is 1.82 bits per heavy atom. The molecule has 0 aliphatic rings. The maximum atomic E-state index is 12.8. The number of benzene rings is 2. The van der Waals surface area contributed by atoms with Crippen LogP contribution in [0.5, 0.6) is 0 Å². The zero-order chi connectivity index (χ0) is 23.5. The molecule has 0 N–H and O–H groups in total. The Hall–Kier alpha value is -3.42. The fourth-order valence-electron chi connectivity index (χ4n) is 3.46. The van der Waals surface area contributed by atoms with Gasteiger partial charge in [-0.2, -0.15) is 0 Å². The second kappa shape index (κ2) is 9.60. The third-order valence-corrected chi connectivity index (χ3v) is 6.03. The van der Waals surface area contributed by atoms with Gasteiger partial charge in [0.25, 0.3) is 5.91 Å². The predicted octanol–water partition coefficient (Wildman–Crippen LogP) is 4.62. The van der Waals surface area contributed by atoms with Crippen molar-refractivity contribution in [3.63, 3.8) is 0 Å². The van der Waals surface area contributed by atoms with Crippen molar-refractivity contribution < 1.29 is 14.3 Å². The summed E-state index contributed by atoms with van der Waals surface area (Å²) < 4.78 is 6.62. The van der Waals surface area contributed by atoms with Gasteiger partial charge < -0.3 is 9.64 Å². The minimum atomic E-state index is -0.343. The molecular weight excluding hydrogens is 463 g/mol. The van der Waals surface area contributed by atoms with E-state index in [1.807, 2.05) is 34.9 Å². The van der Waals surface area contributed by atoms with Crippen LogP contribution in [0.25, 0.3) is 5.65 Å². The molecule has 4 aromatic rings. The lowest BCUT2D eigenvalue weighted by atomic mass is 10.1. The lowest BCUT2D eigenvalue weighted by Crippen LogP contribution is -2.26. The standard InChI is InChI=1S/C24H20Cl2N4O3/c1-29(24(32)16-5-8-19(25)20(26)12-16)18-6-3-15(4-7-18)11-21-28-14-17(13-22(31)33-2)23-27-9-10-30(21)23/h3-10,12,14H,11,13H2,1-2H3. The van der Waals surface area contributed by atoms with E-state index in [4.69, 9.17) is 27.9 Å². The fourth-order valence-corrected chi connectivity index (χ4v) is 3.76. The topological polar surface area (TPSA) is 76.8 Å². The summed E-state index contributed by atoms with van der Waals surface area (Å²) in [4.78, 5) is 34.9. The first-order chi connectivity index (χ1) is 15.9. The van der Waals surface area contributed by atoms with Gasteiger partial charge in [0.1, 0.15) is 11.5 Å². The number of nitrogens with zero attached hydrogens (tertiary/aromatic N) is 4. The number of amides is 1. The number of hydrogen-bond donors (Lipinski definition) is 0. The van der Waals surface area contributed by atoms with Crippen LogP contribution in [0.2, 0.25) is 10.0 Å². The van der Waals surface area contributed by atoms with Crippen LogP contribution in [0.15, 0.2) is 61.1 Å². The number of halogens is 2. The third kappa shape index (κ3) is 4.84. The lowest BCUT2D eigenvalue weighted by Gasteiger charge is -2.18. The number of carbonyl (C=O) groups excluding carboxylic acids is 2. The molecule has 4 rings (SSSR count). The van der Waals surface area contributed by atoms with Gasteiger partial charge in [-0.25, -0.2) is 9.97 Å². The number of ether oxygens (including phenoxy) is 1. The van der Waals surface area contributed by atoms with Crippen LogP contribution in [-0.2, 0) is 22.4 Å². The molecule has 2 aromatic heterocycles. The molecule has 0 aliphatic heterocycles. The van der Waals surface area contributed by atoms with E-state index in [0.29, 0.717) is 33.2 Å². The molecule has 0 radical (unpaired) electrons. The van der Waals surface area contributed by atoms with Crippen molar-refractivity contribution >= 4 is 46.4 Å². The molecule has 0 saturated carbocycles. The zero-order valence-corrected chi connectivity index (χ0v) is 19.5. The summed E-state index contributed by atoms with van der Waals surface area (Å²) in [5, 5.41) is 0.737. The van der Waals surface area contributed by atoms with Crippen LogP contribution in [-0.4, -0.2) is 40.4 Å². The van der Waals surface area contributed by atoms with Gasteiger partial charge in [0, 0.05) is 48.9 Å². The van der Waals surface area contributed by atoms with E-state index < -0.39 is 0 Å². The van der Waals surface area contributed by atoms with Crippen molar-refractivity contribution in [2.75, 3.05) is 19.1 Å². The van der Waals surface area contributed by atoms with Gasteiger partial charge in [-0.15, -0.1) is 0 Å². The molecule has 1 amide bonds. The van der Waals surface area contributed by atoms with Crippen molar-refractivity contribution in [2.24, 2.45) is 0 Å². The number of fused-ring (bicyclic) bond motifs is 1. The largest absolute Gasteiger partial charge is 0.469 e. The first-order valence-electron chi connectivity index (χ1n) is 10.1. The van der Waals surface area contributed by atoms with Gasteiger partial charge >= 0.3 is 5.97 Å². The third-order valence-electron chi connectivity index (χ3n) is 5.29. The molecule has 0 spiro atoms. The molecule has 0 saturated heterocycles. The number of carbonyl (C=O) groups is 2. The van der Waals surface area contributed by atoms with E-state index in [1.165, 1.54) is 7.11 Å². The summed E-state index contributed by atoms with van der Waals surface area (Å²) in [6, 6.07) is 12.5. The molecule has 0 fully saturated rings. The Labute approximate surface area is 200 Å². The molecule has 0 aliphatic carbocycles. The Balaban J connectivity index is 1.52. The number of rotatable bonds is 6. The first kappa shape index (κ1) is 22.8. The van der Waals surface area contributed by atoms with Crippen molar-refractivity contribution in [1.82, 2.24) is 14.4 Å². The van der Waals surface area contributed by atoms with Crippen LogP contribution in [0.4, 0.5) is 5.69 Å². The minimum absolute atomic E-state index is 0.109. The predicted molar refractivity (Wildman–Crippen MR) is 127 cm³/mol. The van der Waals surface area contributed by atoms with E-state index in [2.05, 4.69) is 9.97 Å².